The van der Waals surface area contributed by atoms with Crippen LogP contribution in [-0.2, 0) is 4.79 Å². The standard InChI is InChI=1S/C14H17FN2OS/c1-3-7-17(8-4-2)14(18)10-19-11-5-6-13(16)12(15)9-11/h3-6,9H,1-2,7-8,10,16H2. The molecular formula is C14H17FN2OS. The Balaban J connectivity index is 2.58. The number of amides is 1. The molecule has 2 N–H and O–H groups in total. The smallest absolute Gasteiger partial charge is 0.233 e. The predicted molar refractivity (Wildman–Crippen MR) is 78.5 cm³/mol. The van der Waals surface area contributed by atoms with Gasteiger partial charge in [-0.05, 0) is 18.2 Å². The number of nitrogen functional groups attached to an aromatic ring is 1. The third-order valence-electron chi connectivity index (χ3n) is 2.39. The zero-order valence-electron chi connectivity index (χ0n) is 10.6. The number of thioether (sulfide) groups is 1. The van der Waals surface area contributed by atoms with Crippen molar-refractivity contribution in [3.63, 3.8) is 0 Å². The maximum absolute atomic E-state index is 13.2. The summed E-state index contributed by atoms with van der Waals surface area (Å²) in [5, 5.41) is 0. The average Bonchev–Trinajstić information content (AvgIpc) is 2.39. The summed E-state index contributed by atoms with van der Waals surface area (Å²) in [6.45, 7) is 8.16. The fourth-order valence-corrected chi connectivity index (χ4v) is 2.25. The van der Waals surface area contributed by atoms with E-state index in [1.54, 1.807) is 23.1 Å². The first-order valence-electron chi connectivity index (χ1n) is 5.76. The van der Waals surface area contributed by atoms with Gasteiger partial charge < -0.3 is 10.6 Å². The molecule has 0 saturated carbocycles. The van der Waals surface area contributed by atoms with Gasteiger partial charge >= 0.3 is 0 Å². The Labute approximate surface area is 117 Å². The second-order valence-electron chi connectivity index (χ2n) is 3.85. The van der Waals surface area contributed by atoms with Crippen LogP contribution in [0.5, 0.6) is 0 Å². The lowest BCUT2D eigenvalue weighted by molar-refractivity contribution is -0.127. The van der Waals surface area contributed by atoms with Gasteiger partial charge in [0.05, 0.1) is 11.4 Å². The van der Waals surface area contributed by atoms with E-state index in [4.69, 9.17) is 5.73 Å². The molecule has 102 valence electrons. The molecule has 0 saturated heterocycles. The Morgan fingerprint density at radius 3 is 2.53 bits per heavy atom. The monoisotopic (exact) mass is 280 g/mol. The van der Waals surface area contributed by atoms with E-state index in [2.05, 4.69) is 13.2 Å². The number of carbonyl (C=O) groups excluding carboxylic acids is 1. The first-order chi connectivity index (χ1) is 9.08. The molecule has 0 atom stereocenters. The molecule has 0 spiro atoms. The number of hydrogen-bond acceptors (Lipinski definition) is 3. The molecule has 0 fully saturated rings. The Kier molecular flexibility index (Phi) is 6.15. The lowest BCUT2D eigenvalue weighted by atomic mass is 10.3. The Hall–Kier alpha value is -1.75. The minimum atomic E-state index is -0.466. The van der Waals surface area contributed by atoms with Gasteiger partial charge in [0.1, 0.15) is 5.82 Å². The van der Waals surface area contributed by atoms with E-state index in [-0.39, 0.29) is 17.3 Å². The molecule has 0 unspecified atom stereocenters. The fourth-order valence-electron chi connectivity index (χ4n) is 1.42. The number of nitrogens with two attached hydrogens (primary N) is 1. The summed E-state index contributed by atoms with van der Waals surface area (Å²) in [7, 11) is 0. The van der Waals surface area contributed by atoms with Crippen LogP contribution in [0.25, 0.3) is 0 Å². The second-order valence-corrected chi connectivity index (χ2v) is 4.90. The van der Waals surface area contributed by atoms with Crippen LogP contribution < -0.4 is 5.73 Å². The number of halogens is 1. The fraction of sp³-hybridized carbons (Fsp3) is 0.214. The van der Waals surface area contributed by atoms with Crippen LogP contribution in [0.4, 0.5) is 10.1 Å². The van der Waals surface area contributed by atoms with E-state index in [9.17, 15) is 9.18 Å². The summed E-state index contributed by atoms with van der Waals surface area (Å²) >= 11 is 1.28. The molecule has 0 aromatic heterocycles. The van der Waals surface area contributed by atoms with E-state index in [1.165, 1.54) is 23.9 Å². The summed E-state index contributed by atoms with van der Waals surface area (Å²) in [6, 6.07) is 4.52. The number of anilines is 1. The molecule has 1 rings (SSSR count). The summed E-state index contributed by atoms with van der Waals surface area (Å²) in [4.78, 5) is 14.2. The Morgan fingerprint density at radius 2 is 2.00 bits per heavy atom. The molecular weight excluding hydrogens is 263 g/mol. The van der Waals surface area contributed by atoms with Crippen molar-refractivity contribution >= 4 is 23.4 Å². The minimum absolute atomic E-state index is 0.0398. The lowest BCUT2D eigenvalue weighted by Gasteiger charge is -2.18. The molecule has 0 aliphatic rings. The number of carbonyl (C=O) groups is 1. The van der Waals surface area contributed by atoms with Crippen molar-refractivity contribution in [1.29, 1.82) is 0 Å². The molecule has 5 heteroatoms. The molecule has 1 aromatic carbocycles. The van der Waals surface area contributed by atoms with Gasteiger partial charge in [-0.1, -0.05) is 12.2 Å². The van der Waals surface area contributed by atoms with Crippen LogP contribution >= 0.6 is 11.8 Å². The first-order valence-corrected chi connectivity index (χ1v) is 6.74. The largest absolute Gasteiger partial charge is 0.396 e. The van der Waals surface area contributed by atoms with Crippen LogP contribution in [0, 0.1) is 5.82 Å². The third-order valence-corrected chi connectivity index (χ3v) is 3.36. The summed E-state index contributed by atoms with van der Waals surface area (Å²) in [6.07, 6.45) is 3.32. The van der Waals surface area contributed by atoms with Crippen LogP contribution in [0.2, 0.25) is 0 Å². The van der Waals surface area contributed by atoms with Gasteiger partial charge in [0, 0.05) is 18.0 Å². The topological polar surface area (TPSA) is 46.3 Å². The van der Waals surface area contributed by atoms with Gasteiger partial charge in [0.25, 0.3) is 0 Å². The minimum Gasteiger partial charge on any atom is -0.396 e. The van der Waals surface area contributed by atoms with Crippen molar-refractivity contribution in [1.82, 2.24) is 4.90 Å². The van der Waals surface area contributed by atoms with E-state index in [1.807, 2.05) is 0 Å². The highest BCUT2D eigenvalue weighted by Gasteiger charge is 2.11. The van der Waals surface area contributed by atoms with Gasteiger partial charge in [-0.15, -0.1) is 24.9 Å². The van der Waals surface area contributed by atoms with Gasteiger partial charge in [-0.25, -0.2) is 4.39 Å². The zero-order chi connectivity index (χ0) is 14.3. The average molecular weight is 280 g/mol. The van der Waals surface area contributed by atoms with Gasteiger partial charge in [-0.3, -0.25) is 4.79 Å². The van der Waals surface area contributed by atoms with Crippen molar-refractivity contribution in [3.05, 3.63) is 49.3 Å². The number of rotatable bonds is 7. The van der Waals surface area contributed by atoms with E-state index in [0.717, 1.165) is 0 Å². The Bertz CT molecular complexity index is 467. The summed E-state index contributed by atoms with van der Waals surface area (Å²) in [5.41, 5.74) is 5.50. The molecule has 19 heavy (non-hydrogen) atoms. The van der Waals surface area contributed by atoms with Gasteiger partial charge in [0.2, 0.25) is 5.91 Å². The predicted octanol–water partition coefficient (Wildman–Crippen LogP) is 2.70. The number of benzene rings is 1. The normalized spacial score (nSPS) is 9.95. The van der Waals surface area contributed by atoms with Crippen LogP contribution in [-0.4, -0.2) is 29.6 Å². The highest BCUT2D eigenvalue weighted by Crippen LogP contribution is 2.22. The molecule has 1 aromatic rings. The second kappa shape index (κ2) is 7.63. The molecule has 0 radical (unpaired) electrons. The van der Waals surface area contributed by atoms with Crippen LogP contribution in [0.15, 0.2) is 48.4 Å². The van der Waals surface area contributed by atoms with Crippen molar-refractivity contribution in [3.8, 4) is 0 Å². The van der Waals surface area contributed by atoms with Crippen molar-refractivity contribution in [2.24, 2.45) is 0 Å². The highest BCUT2D eigenvalue weighted by atomic mass is 32.2. The van der Waals surface area contributed by atoms with E-state index in [0.29, 0.717) is 18.0 Å². The van der Waals surface area contributed by atoms with Crippen LogP contribution in [0.3, 0.4) is 0 Å². The number of nitrogens with zero attached hydrogens (tertiary/aromatic N) is 1. The van der Waals surface area contributed by atoms with Crippen molar-refractivity contribution in [2.45, 2.75) is 4.90 Å². The SMILES string of the molecule is C=CCN(CC=C)C(=O)CSc1ccc(N)c(F)c1. The quantitative estimate of drug-likeness (QED) is 0.474. The molecule has 0 bridgehead atoms. The maximum Gasteiger partial charge on any atom is 0.233 e. The van der Waals surface area contributed by atoms with Crippen LogP contribution in [0.1, 0.15) is 0 Å². The van der Waals surface area contributed by atoms with E-state index < -0.39 is 5.82 Å². The molecule has 0 heterocycles. The first kappa shape index (κ1) is 15.3. The highest BCUT2D eigenvalue weighted by molar-refractivity contribution is 8.00. The lowest BCUT2D eigenvalue weighted by Crippen LogP contribution is -2.32. The van der Waals surface area contributed by atoms with Gasteiger partial charge in [0.15, 0.2) is 0 Å². The summed E-state index contributed by atoms with van der Waals surface area (Å²) in [5.74, 6) is -0.265. The third kappa shape index (κ3) is 4.79. The van der Waals surface area contributed by atoms with Crippen molar-refractivity contribution in [2.75, 3.05) is 24.6 Å². The zero-order valence-corrected chi connectivity index (χ0v) is 11.5. The van der Waals surface area contributed by atoms with Crippen molar-refractivity contribution < 1.29 is 9.18 Å². The van der Waals surface area contributed by atoms with Gasteiger partial charge in [-0.2, -0.15) is 0 Å². The molecule has 1 amide bonds. The molecule has 3 nitrogen and oxygen atoms in total. The number of hydrogen-bond donors (Lipinski definition) is 1. The summed E-state index contributed by atoms with van der Waals surface area (Å²) < 4.78 is 13.2. The maximum atomic E-state index is 13.2. The molecule has 0 aliphatic heterocycles. The van der Waals surface area contributed by atoms with E-state index >= 15 is 0 Å². The molecule has 0 aliphatic carbocycles. The Morgan fingerprint density at radius 1 is 1.37 bits per heavy atom.